The molecule has 0 N–H and O–H groups in total. The summed E-state index contributed by atoms with van der Waals surface area (Å²) in [6.07, 6.45) is 0. The molecule has 0 fully saturated rings. The summed E-state index contributed by atoms with van der Waals surface area (Å²) in [5.41, 5.74) is 5.27. The zero-order valence-electron chi connectivity index (χ0n) is 21.7. The number of nitro benzene ring substituents is 1. The van der Waals surface area contributed by atoms with E-state index >= 15 is 0 Å². The van der Waals surface area contributed by atoms with Gasteiger partial charge in [-0.25, -0.2) is 4.79 Å². The lowest BCUT2D eigenvalue weighted by molar-refractivity contribution is -0.384. The van der Waals surface area contributed by atoms with Crippen molar-refractivity contribution >= 4 is 45.0 Å². The molecule has 0 aliphatic heterocycles. The van der Waals surface area contributed by atoms with Gasteiger partial charge < -0.3 is 9.40 Å². The largest absolute Gasteiger partial charge is 0.341 e. The van der Waals surface area contributed by atoms with Gasteiger partial charge in [0.15, 0.2) is 5.78 Å². The molecule has 1 aromatic heterocycles. The number of oxime groups is 1. The second-order valence-electron chi connectivity index (χ2n) is 9.18. The molecular weight excluding hydrogens is 494 g/mol. The minimum atomic E-state index is -0.610. The molecule has 0 saturated carbocycles. The van der Waals surface area contributed by atoms with Gasteiger partial charge in [0.25, 0.3) is 5.69 Å². The Bertz CT molecular complexity index is 1820. The molecule has 1 heterocycles. The molecular formula is C31H25N3O5. The number of rotatable bonds is 7. The maximum atomic E-state index is 13.4. The van der Waals surface area contributed by atoms with Crippen molar-refractivity contribution in [2.45, 2.75) is 27.3 Å². The summed E-state index contributed by atoms with van der Waals surface area (Å²) in [7, 11) is 0. The van der Waals surface area contributed by atoms with E-state index in [-0.39, 0.29) is 17.2 Å². The summed E-state index contributed by atoms with van der Waals surface area (Å²) in [6.45, 7) is 5.91. The number of fused-ring (bicyclic) bond motifs is 3. The first kappa shape index (κ1) is 25.5. The molecule has 0 bridgehead atoms. The van der Waals surface area contributed by atoms with Crippen LogP contribution in [-0.2, 0) is 16.2 Å². The highest BCUT2D eigenvalue weighted by atomic mass is 16.7. The fourth-order valence-electron chi connectivity index (χ4n) is 4.87. The number of hydrogen-bond donors (Lipinski definition) is 0. The second kappa shape index (κ2) is 10.3. The van der Waals surface area contributed by atoms with E-state index in [1.807, 2.05) is 67.6 Å². The van der Waals surface area contributed by atoms with Gasteiger partial charge in [-0.15, -0.1) is 0 Å². The maximum Gasteiger partial charge on any atom is 0.332 e. The summed E-state index contributed by atoms with van der Waals surface area (Å²) in [5, 5.41) is 17.2. The van der Waals surface area contributed by atoms with Crippen LogP contribution in [0.15, 0.2) is 90.1 Å². The molecule has 0 spiro atoms. The Balaban J connectivity index is 1.71. The highest BCUT2D eigenvalue weighted by Crippen LogP contribution is 2.32. The van der Waals surface area contributed by atoms with Crippen LogP contribution in [0.1, 0.15) is 46.5 Å². The number of hydrogen-bond acceptors (Lipinski definition) is 6. The van der Waals surface area contributed by atoms with E-state index in [0.717, 1.165) is 27.4 Å². The van der Waals surface area contributed by atoms with Gasteiger partial charge in [-0.3, -0.25) is 14.9 Å². The number of benzene rings is 4. The van der Waals surface area contributed by atoms with Crippen molar-refractivity contribution in [2.75, 3.05) is 0 Å². The predicted molar refractivity (Wildman–Crippen MR) is 150 cm³/mol. The summed E-state index contributed by atoms with van der Waals surface area (Å²) in [6, 6.07) is 24.9. The Labute approximate surface area is 224 Å². The third-order valence-corrected chi connectivity index (χ3v) is 6.70. The number of aromatic nitrogens is 1. The smallest absolute Gasteiger partial charge is 0.332 e. The Morgan fingerprint density at radius 2 is 1.51 bits per heavy atom. The number of ketones is 1. The molecule has 39 heavy (non-hydrogen) atoms. The first-order valence-corrected chi connectivity index (χ1v) is 12.5. The third kappa shape index (κ3) is 4.80. The van der Waals surface area contributed by atoms with Crippen LogP contribution >= 0.6 is 0 Å². The maximum absolute atomic E-state index is 13.4. The van der Waals surface area contributed by atoms with Crippen molar-refractivity contribution < 1.29 is 19.3 Å². The SMILES string of the molecule is CCn1c2ccc(C(=O)c3ccccc3C)cc2c2cc(/C(=N/OC(C)=O)c3cccc([N+](=O)[O-])c3)ccc21. The fourth-order valence-corrected chi connectivity index (χ4v) is 4.87. The van der Waals surface area contributed by atoms with Crippen molar-refractivity contribution in [3.05, 3.63) is 123 Å². The summed E-state index contributed by atoms with van der Waals surface area (Å²) in [4.78, 5) is 40.9. The molecule has 8 heteroatoms. The number of carbonyl (C=O) groups excluding carboxylic acids is 2. The van der Waals surface area contributed by atoms with Crippen LogP contribution in [0.2, 0.25) is 0 Å². The van der Waals surface area contributed by atoms with Gasteiger partial charge in [-0.2, -0.15) is 0 Å². The van der Waals surface area contributed by atoms with Gasteiger partial charge in [-0.05, 0) is 49.7 Å². The predicted octanol–water partition coefficient (Wildman–Crippen LogP) is 6.58. The standard InChI is InChI=1S/C31H25N3O5/c1-4-33-28-14-12-22(30(32-39-20(3)35)21-9-7-10-24(16-21)34(37)38)17-26(28)27-18-23(13-15-29(27)33)31(36)25-11-6-5-8-19(25)2/h5-18H,4H2,1-3H3/b32-30+. The molecule has 5 aromatic rings. The highest BCUT2D eigenvalue weighted by Gasteiger charge is 2.19. The minimum Gasteiger partial charge on any atom is -0.341 e. The van der Waals surface area contributed by atoms with Crippen LogP contribution in [-0.4, -0.2) is 27.0 Å². The van der Waals surface area contributed by atoms with Gasteiger partial charge in [-0.1, -0.05) is 47.6 Å². The molecule has 0 unspecified atom stereocenters. The van der Waals surface area contributed by atoms with Crippen LogP contribution in [0.4, 0.5) is 5.69 Å². The van der Waals surface area contributed by atoms with Crippen LogP contribution in [0, 0.1) is 17.0 Å². The van der Waals surface area contributed by atoms with Gasteiger partial charge in [0, 0.05) is 69.7 Å². The lowest BCUT2D eigenvalue weighted by Crippen LogP contribution is -2.07. The van der Waals surface area contributed by atoms with E-state index in [0.29, 0.717) is 28.8 Å². The third-order valence-electron chi connectivity index (χ3n) is 6.70. The zero-order valence-corrected chi connectivity index (χ0v) is 21.7. The van der Waals surface area contributed by atoms with E-state index < -0.39 is 10.9 Å². The number of carbonyl (C=O) groups is 2. The Morgan fingerprint density at radius 3 is 2.15 bits per heavy atom. The van der Waals surface area contributed by atoms with Crippen molar-refractivity contribution in [1.82, 2.24) is 4.57 Å². The van der Waals surface area contributed by atoms with Crippen LogP contribution in [0.3, 0.4) is 0 Å². The highest BCUT2D eigenvalue weighted by molar-refractivity contribution is 6.18. The average molecular weight is 520 g/mol. The Kier molecular flexibility index (Phi) is 6.77. The van der Waals surface area contributed by atoms with Crippen molar-refractivity contribution in [3.63, 3.8) is 0 Å². The van der Waals surface area contributed by atoms with E-state index in [2.05, 4.69) is 16.6 Å². The molecule has 0 atom stereocenters. The fraction of sp³-hybridized carbons (Fsp3) is 0.129. The van der Waals surface area contributed by atoms with Gasteiger partial charge in [0.05, 0.1) is 4.92 Å². The molecule has 5 rings (SSSR count). The number of aryl methyl sites for hydroxylation is 2. The van der Waals surface area contributed by atoms with E-state index in [1.165, 1.54) is 19.1 Å². The summed E-state index contributed by atoms with van der Waals surface area (Å²) >= 11 is 0. The average Bonchev–Trinajstić information content (AvgIpc) is 3.25. The second-order valence-corrected chi connectivity index (χ2v) is 9.18. The molecule has 0 aliphatic rings. The quantitative estimate of drug-likeness (QED) is 0.0794. The summed E-state index contributed by atoms with van der Waals surface area (Å²) < 4.78 is 2.16. The molecule has 8 nitrogen and oxygen atoms in total. The number of non-ortho nitro benzene ring substituents is 1. The Hall–Kier alpha value is -5.11. The lowest BCUT2D eigenvalue weighted by atomic mass is 9.97. The van der Waals surface area contributed by atoms with Crippen molar-refractivity contribution in [2.24, 2.45) is 5.16 Å². The molecule has 0 radical (unpaired) electrons. The summed E-state index contributed by atoms with van der Waals surface area (Å²) in [5.74, 6) is -0.668. The zero-order chi connectivity index (χ0) is 27.7. The molecule has 0 amide bonds. The molecule has 0 aliphatic carbocycles. The minimum absolute atomic E-state index is 0.0581. The number of nitro groups is 1. The lowest BCUT2D eigenvalue weighted by Gasteiger charge is -2.08. The van der Waals surface area contributed by atoms with Gasteiger partial charge >= 0.3 is 5.97 Å². The van der Waals surface area contributed by atoms with E-state index in [1.54, 1.807) is 12.1 Å². The van der Waals surface area contributed by atoms with Gasteiger partial charge in [0.1, 0.15) is 5.71 Å². The first-order chi connectivity index (χ1) is 18.8. The van der Waals surface area contributed by atoms with Crippen molar-refractivity contribution in [3.8, 4) is 0 Å². The van der Waals surface area contributed by atoms with Gasteiger partial charge in [0.2, 0.25) is 0 Å². The molecule has 4 aromatic carbocycles. The molecule has 194 valence electrons. The normalized spacial score (nSPS) is 11.6. The Morgan fingerprint density at radius 1 is 0.872 bits per heavy atom. The van der Waals surface area contributed by atoms with E-state index in [4.69, 9.17) is 4.84 Å². The topological polar surface area (TPSA) is 104 Å². The first-order valence-electron chi connectivity index (χ1n) is 12.5. The van der Waals surface area contributed by atoms with Crippen LogP contribution in [0.5, 0.6) is 0 Å². The van der Waals surface area contributed by atoms with Crippen LogP contribution in [0.25, 0.3) is 21.8 Å². The van der Waals surface area contributed by atoms with E-state index in [9.17, 15) is 19.7 Å². The molecule has 0 saturated heterocycles. The van der Waals surface area contributed by atoms with Crippen LogP contribution < -0.4 is 0 Å². The monoisotopic (exact) mass is 519 g/mol. The number of nitrogens with zero attached hydrogens (tertiary/aromatic N) is 3. The van der Waals surface area contributed by atoms with Crippen molar-refractivity contribution in [1.29, 1.82) is 0 Å².